The zero-order chi connectivity index (χ0) is 46.4. The number of ether oxygens (including phenoxy) is 4. The number of hydrogen-bond acceptors (Lipinski definition) is 7. The van der Waals surface area contributed by atoms with E-state index in [1.165, 1.54) is 48.5 Å². The predicted octanol–water partition coefficient (Wildman–Crippen LogP) is 11.6. The van der Waals surface area contributed by atoms with Crippen LogP contribution in [0.25, 0.3) is 0 Å². The third kappa shape index (κ3) is 6.68. The molecule has 0 unspecified atom stereocenters. The number of methoxy groups -OCH3 is 2. The van der Waals surface area contributed by atoms with E-state index in [2.05, 4.69) is 13.8 Å². The number of hydrogen-bond donors (Lipinski definition) is 0. The van der Waals surface area contributed by atoms with Crippen LogP contribution in [-0.4, -0.2) is 56.5 Å². The zero-order valence-electron chi connectivity index (χ0n) is 37.8. The smallest absolute Gasteiger partial charge is 0.432 e. The molecule has 5 saturated carbocycles. The molecule has 63 heavy (non-hydrogen) atoms. The lowest BCUT2D eigenvalue weighted by atomic mass is 9.41. The summed E-state index contributed by atoms with van der Waals surface area (Å²) in [6, 6.07) is 13.5. The molecule has 0 aliphatic heterocycles. The van der Waals surface area contributed by atoms with E-state index in [4.69, 9.17) is 18.9 Å². The number of carbonyl (C=O) groups excluding carboxylic acids is 3. The first-order valence-electron chi connectivity index (χ1n) is 22.3. The molecule has 0 aromatic heterocycles. The summed E-state index contributed by atoms with van der Waals surface area (Å²) in [6.07, 6.45) is -4.35. The van der Waals surface area contributed by atoms with Gasteiger partial charge in [-0.1, -0.05) is 101 Å². The van der Waals surface area contributed by atoms with Crippen LogP contribution >= 0.6 is 0 Å². The van der Waals surface area contributed by atoms with Crippen molar-refractivity contribution in [3.63, 3.8) is 0 Å². The highest BCUT2D eigenvalue weighted by Crippen LogP contribution is 2.89. The van der Waals surface area contributed by atoms with Crippen LogP contribution in [0, 0.1) is 50.7 Å². The summed E-state index contributed by atoms with van der Waals surface area (Å²) in [6.45, 7) is 13.8. The van der Waals surface area contributed by atoms with E-state index >= 15 is 13.2 Å². The molecule has 7 nitrogen and oxygen atoms in total. The first-order chi connectivity index (χ1) is 29.3. The minimum Gasteiger partial charge on any atom is -0.459 e. The van der Waals surface area contributed by atoms with Crippen LogP contribution in [0.4, 0.5) is 26.3 Å². The molecule has 13 heteroatoms. The number of ketones is 1. The number of allylic oxidation sites excluding steroid dienone is 1. The molecule has 5 fully saturated rings. The second kappa shape index (κ2) is 15.7. The molecule has 0 radical (unpaired) electrons. The van der Waals surface area contributed by atoms with E-state index in [0.29, 0.717) is 24.8 Å². The fourth-order valence-corrected chi connectivity index (χ4v) is 14.6. The summed E-state index contributed by atoms with van der Waals surface area (Å²) in [5.41, 5.74) is -8.29. The standard InChI is InChI=1S/C50H62F6O7/c1-30(2)28-35(57)39(63-41(59)48(61-9,50(54,55)56)33-18-14-11-15-19-33)31(3)34-22-24-44(7)37-21-20-36-42(4,5)38(23-25-45(36)29-46(37,45)27-26-43(34,44)6)62-40(58)47(60-8,49(51,52)53)32-16-12-10-13-17-32/h10-19,28,31,34,36-39H,20-27,29H2,1-9H3/t31-,34+,36-,37-,38-,39-,43+,44-,45+,46-,47+,48+/m0/s1. The summed E-state index contributed by atoms with van der Waals surface area (Å²) in [5.74, 6) is -4.21. The summed E-state index contributed by atoms with van der Waals surface area (Å²) in [7, 11) is 1.69. The van der Waals surface area contributed by atoms with Crippen molar-refractivity contribution in [2.75, 3.05) is 14.2 Å². The fraction of sp³-hybridized carbons (Fsp3) is 0.660. The predicted molar refractivity (Wildman–Crippen MR) is 223 cm³/mol. The van der Waals surface area contributed by atoms with Crippen LogP contribution in [0.3, 0.4) is 0 Å². The molecule has 2 aromatic carbocycles. The van der Waals surface area contributed by atoms with E-state index in [1.54, 1.807) is 19.9 Å². The first kappa shape index (κ1) is 47.3. The van der Waals surface area contributed by atoms with Gasteiger partial charge in [0.1, 0.15) is 6.10 Å². The summed E-state index contributed by atoms with van der Waals surface area (Å²) >= 11 is 0. The Labute approximate surface area is 367 Å². The highest BCUT2D eigenvalue weighted by atomic mass is 19.4. The molecule has 5 aliphatic carbocycles. The second-order valence-electron chi connectivity index (χ2n) is 20.7. The molecule has 0 saturated heterocycles. The molecular formula is C50H62F6O7. The average molecular weight is 889 g/mol. The fourth-order valence-electron chi connectivity index (χ4n) is 14.6. The van der Waals surface area contributed by atoms with Gasteiger partial charge in [-0.05, 0) is 117 Å². The van der Waals surface area contributed by atoms with E-state index in [9.17, 15) is 27.6 Å². The normalized spacial score (nSPS) is 34.8. The molecule has 0 N–H and O–H groups in total. The topological polar surface area (TPSA) is 88.1 Å². The number of benzene rings is 2. The van der Waals surface area contributed by atoms with Crippen LogP contribution in [0.15, 0.2) is 72.3 Å². The molecule has 5 aliphatic rings. The average Bonchev–Trinajstić information content (AvgIpc) is 3.79. The van der Waals surface area contributed by atoms with Crippen molar-refractivity contribution in [2.24, 2.45) is 50.7 Å². The molecule has 12 atom stereocenters. The monoisotopic (exact) mass is 888 g/mol. The lowest BCUT2D eigenvalue weighted by molar-refractivity contribution is -0.282. The summed E-state index contributed by atoms with van der Waals surface area (Å²) < 4.78 is 112. The zero-order valence-corrected chi connectivity index (χ0v) is 37.8. The Morgan fingerprint density at radius 1 is 0.667 bits per heavy atom. The Hall–Kier alpha value is -3.71. The van der Waals surface area contributed by atoms with Gasteiger partial charge in [0.15, 0.2) is 11.9 Å². The van der Waals surface area contributed by atoms with Crippen molar-refractivity contribution in [1.29, 1.82) is 0 Å². The van der Waals surface area contributed by atoms with Crippen molar-refractivity contribution < 1.29 is 59.7 Å². The maximum Gasteiger partial charge on any atom is 0.432 e. The number of carbonyl (C=O) groups is 3. The van der Waals surface area contributed by atoms with E-state index in [1.807, 2.05) is 20.8 Å². The first-order valence-corrected chi connectivity index (χ1v) is 22.3. The Balaban J connectivity index is 1.15. The number of rotatable bonds is 12. The molecule has 0 bridgehead atoms. The van der Waals surface area contributed by atoms with Crippen molar-refractivity contribution in [3.8, 4) is 0 Å². The van der Waals surface area contributed by atoms with E-state index in [0.717, 1.165) is 64.9 Å². The molecule has 346 valence electrons. The van der Waals surface area contributed by atoms with Gasteiger partial charge in [0.25, 0.3) is 11.2 Å². The van der Waals surface area contributed by atoms with Gasteiger partial charge in [0.05, 0.1) is 0 Å². The Morgan fingerprint density at radius 3 is 1.68 bits per heavy atom. The number of esters is 2. The van der Waals surface area contributed by atoms with Gasteiger partial charge in [-0.3, -0.25) is 4.79 Å². The maximum absolute atomic E-state index is 15.0. The van der Waals surface area contributed by atoms with Crippen LogP contribution in [0.1, 0.15) is 117 Å². The molecule has 7 rings (SSSR count). The minimum absolute atomic E-state index is 0.0367. The van der Waals surface area contributed by atoms with Crippen LogP contribution < -0.4 is 0 Å². The quantitative estimate of drug-likeness (QED) is 0.119. The number of alkyl halides is 6. The summed E-state index contributed by atoms with van der Waals surface area (Å²) in [4.78, 5) is 42.0. The second-order valence-corrected chi connectivity index (χ2v) is 20.7. The van der Waals surface area contributed by atoms with E-state index < -0.39 is 70.4 Å². The van der Waals surface area contributed by atoms with Crippen molar-refractivity contribution in [1.82, 2.24) is 0 Å². The molecule has 0 amide bonds. The van der Waals surface area contributed by atoms with E-state index in [-0.39, 0.29) is 45.0 Å². The van der Waals surface area contributed by atoms with Crippen LogP contribution in [0.5, 0.6) is 0 Å². The molecule has 2 aromatic rings. The van der Waals surface area contributed by atoms with Gasteiger partial charge in [-0.2, -0.15) is 26.3 Å². The highest BCUT2D eigenvalue weighted by Gasteiger charge is 2.83. The highest BCUT2D eigenvalue weighted by molar-refractivity contribution is 5.96. The number of fused-ring (bicyclic) bond motifs is 2. The molecule has 2 spiro atoms. The Bertz CT molecular complexity index is 2100. The van der Waals surface area contributed by atoms with Crippen LogP contribution in [0.2, 0.25) is 0 Å². The Kier molecular flexibility index (Phi) is 11.8. The van der Waals surface area contributed by atoms with Gasteiger partial charge in [-0.25, -0.2) is 9.59 Å². The van der Waals surface area contributed by atoms with Gasteiger partial charge in [-0.15, -0.1) is 0 Å². The number of halogens is 6. The maximum atomic E-state index is 15.0. The lowest BCUT2D eigenvalue weighted by Gasteiger charge is -2.63. The van der Waals surface area contributed by atoms with Gasteiger partial charge in [0, 0.05) is 36.7 Å². The third-order valence-corrected chi connectivity index (χ3v) is 17.8. The third-order valence-electron chi connectivity index (χ3n) is 17.8. The SMILES string of the molecule is CO[C@@](C(=O)O[C@H](C(=O)C=C(C)C)[C@@H](C)[C@H]1CC[C@@]2(C)[C@@H]3CC[C@H]4C(C)(C)[C@@H](OC(=O)[C@](OC)(c5ccccc5)C(F)(F)F)CC[C@@]45C[C@@]35CC[C@]12C)(c1ccccc1)C(F)(F)F. The van der Waals surface area contributed by atoms with Gasteiger partial charge in [0.2, 0.25) is 0 Å². The van der Waals surface area contributed by atoms with Crippen molar-refractivity contribution >= 4 is 17.7 Å². The van der Waals surface area contributed by atoms with Crippen molar-refractivity contribution in [3.05, 3.63) is 83.4 Å². The lowest BCUT2D eigenvalue weighted by Crippen LogP contribution is -2.59. The molecule has 0 heterocycles. The van der Waals surface area contributed by atoms with Gasteiger partial charge < -0.3 is 18.9 Å². The Morgan fingerprint density at radius 2 is 1.17 bits per heavy atom. The van der Waals surface area contributed by atoms with Gasteiger partial charge >= 0.3 is 24.3 Å². The van der Waals surface area contributed by atoms with Crippen molar-refractivity contribution in [2.45, 2.75) is 142 Å². The summed E-state index contributed by atoms with van der Waals surface area (Å²) in [5, 5.41) is 0. The largest absolute Gasteiger partial charge is 0.459 e. The van der Waals surface area contributed by atoms with Crippen LogP contribution in [-0.2, 0) is 44.5 Å². The minimum atomic E-state index is -5.21. The molecular weight excluding hydrogens is 827 g/mol.